The van der Waals surface area contributed by atoms with E-state index in [-0.39, 0.29) is 5.91 Å². The van der Waals surface area contributed by atoms with E-state index in [9.17, 15) is 4.79 Å². The lowest BCUT2D eigenvalue weighted by Crippen LogP contribution is -2.27. The average Bonchev–Trinajstić information content (AvgIpc) is 3.77. The molecule has 1 fully saturated rings. The molecule has 1 aliphatic heterocycles. The van der Waals surface area contributed by atoms with E-state index in [4.69, 9.17) is 14.2 Å². The summed E-state index contributed by atoms with van der Waals surface area (Å²) in [6.07, 6.45) is 6.88. The fourth-order valence-electron chi connectivity index (χ4n) is 5.29. The summed E-state index contributed by atoms with van der Waals surface area (Å²) in [5.41, 5.74) is 5.21. The van der Waals surface area contributed by atoms with Crippen molar-refractivity contribution in [2.24, 2.45) is 5.92 Å². The van der Waals surface area contributed by atoms with E-state index in [0.717, 1.165) is 55.1 Å². The van der Waals surface area contributed by atoms with E-state index in [1.165, 1.54) is 36.9 Å². The molecule has 1 aliphatic carbocycles. The molecule has 0 saturated heterocycles. The minimum absolute atomic E-state index is 0.114. The van der Waals surface area contributed by atoms with Gasteiger partial charge < -0.3 is 19.5 Å². The van der Waals surface area contributed by atoms with Gasteiger partial charge in [-0.3, -0.25) is 9.69 Å². The van der Waals surface area contributed by atoms with Crippen LogP contribution in [0.2, 0.25) is 0 Å². The SMILES string of the molecule is COc1ccc(CNC(=O)c2ccc3c(c2)Cc2cccc(c2)CN(CC2CC2)CCCCCO3)cc1OC. The largest absolute Gasteiger partial charge is 0.493 e. The number of fused-ring (bicyclic) bond motifs is 3. The van der Waals surface area contributed by atoms with Gasteiger partial charge in [-0.05, 0) is 97.2 Å². The molecular formula is C33H40N2O4. The smallest absolute Gasteiger partial charge is 0.251 e. The van der Waals surface area contributed by atoms with E-state index in [1.54, 1.807) is 14.2 Å². The molecule has 0 aromatic heterocycles. The highest BCUT2D eigenvalue weighted by atomic mass is 16.5. The Labute approximate surface area is 232 Å². The lowest BCUT2D eigenvalue weighted by molar-refractivity contribution is 0.0950. The molecule has 0 radical (unpaired) electrons. The summed E-state index contributed by atoms with van der Waals surface area (Å²) in [6, 6.07) is 20.4. The molecule has 39 heavy (non-hydrogen) atoms. The van der Waals surface area contributed by atoms with Gasteiger partial charge in [0.2, 0.25) is 0 Å². The second-order valence-electron chi connectivity index (χ2n) is 10.8. The molecule has 0 unspecified atom stereocenters. The molecule has 2 aliphatic rings. The number of nitrogens with one attached hydrogen (secondary N) is 1. The highest BCUT2D eigenvalue weighted by molar-refractivity contribution is 5.94. The standard InChI is InChI=1S/C33H40N2O4/c1-37-31-13-11-26(19-32(31)38-2)21-34-33(36)28-12-14-30-29(20-28)18-25-7-6-8-27(17-25)23-35(22-24-9-10-24)15-4-3-5-16-39-30/h6-8,11-14,17,19-20,24H,3-5,9-10,15-16,18,21-23H2,1-2H3,(H,34,36). The van der Waals surface area contributed by atoms with Gasteiger partial charge in [0.05, 0.1) is 20.8 Å². The monoisotopic (exact) mass is 528 g/mol. The van der Waals surface area contributed by atoms with Crippen molar-refractivity contribution < 1.29 is 19.0 Å². The Morgan fingerprint density at radius 2 is 1.79 bits per heavy atom. The molecule has 6 nitrogen and oxygen atoms in total. The van der Waals surface area contributed by atoms with Crippen LogP contribution < -0.4 is 19.5 Å². The molecule has 2 bridgehead atoms. The summed E-state index contributed by atoms with van der Waals surface area (Å²) in [6.45, 7) is 4.46. The lowest BCUT2D eigenvalue weighted by Gasteiger charge is -2.23. The van der Waals surface area contributed by atoms with Crippen molar-refractivity contribution in [2.45, 2.75) is 51.6 Å². The Hall–Kier alpha value is -3.51. The van der Waals surface area contributed by atoms with Crippen molar-refractivity contribution in [3.8, 4) is 17.2 Å². The maximum atomic E-state index is 13.1. The van der Waals surface area contributed by atoms with Crippen LogP contribution in [0.15, 0.2) is 60.7 Å². The number of nitrogens with zero attached hydrogens (tertiary/aromatic N) is 1. The van der Waals surface area contributed by atoms with Gasteiger partial charge >= 0.3 is 0 Å². The van der Waals surface area contributed by atoms with Crippen LogP contribution in [-0.4, -0.2) is 44.7 Å². The third-order valence-corrected chi connectivity index (χ3v) is 7.61. The highest BCUT2D eigenvalue weighted by Crippen LogP contribution is 2.31. The number of methoxy groups -OCH3 is 2. The Balaban J connectivity index is 1.32. The lowest BCUT2D eigenvalue weighted by atomic mass is 9.99. The molecule has 3 aromatic carbocycles. The number of carbonyl (C=O) groups excluding carboxylic acids is 1. The quantitative estimate of drug-likeness (QED) is 0.408. The van der Waals surface area contributed by atoms with Crippen LogP contribution in [0.3, 0.4) is 0 Å². The Bertz CT molecular complexity index is 1270. The molecule has 1 amide bonds. The first-order chi connectivity index (χ1) is 19.1. The summed E-state index contributed by atoms with van der Waals surface area (Å²) in [5, 5.41) is 3.04. The van der Waals surface area contributed by atoms with Gasteiger partial charge in [-0.2, -0.15) is 0 Å². The van der Waals surface area contributed by atoms with Gasteiger partial charge in [0.15, 0.2) is 11.5 Å². The topological polar surface area (TPSA) is 60.0 Å². The van der Waals surface area contributed by atoms with Crippen LogP contribution >= 0.6 is 0 Å². The van der Waals surface area contributed by atoms with E-state index in [1.807, 2.05) is 36.4 Å². The Morgan fingerprint density at radius 1 is 0.949 bits per heavy atom. The molecule has 0 atom stereocenters. The summed E-state index contributed by atoms with van der Waals surface area (Å²) >= 11 is 0. The van der Waals surface area contributed by atoms with Crippen LogP contribution in [0.25, 0.3) is 0 Å². The molecule has 1 N–H and O–H groups in total. The normalized spacial score (nSPS) is 16.4. The Morgan fingerprint density at radius 3 is 2.62 bits per heavy atom. The molecule has 6 heteroatoms. The summed E-state index contributed by atoms with van der Waals surface area (Å²) in [4.78, 5) is 15.8. The van der Waals surface area contributed by atoms with Crippen molar-refractivity contribution in [1.82, 2.24) is 10.2 Å². The maximum Gasteiger partial charge on any atom is 0.251 e. The number of hydrogen-bond donors (Lipinski definition) is 1. The van der Waals surface area contributed by atoms with Gasteiger partial charge in [0.25, 0.3) is 5.91 Å². The fourth-order valence-corrected chi connectivity index (χ4v) is 5.29. The molecule has 5 rings (SSSR count). The first-order valence-electron chi connectivity index (χ1n) is 14.2. The third-order valence-electron chi connectivity index (χ3n) is 7.61. The van der Waals surface area contributed by atoms with Crippen molar-refractivity contribution in [3.63, 3.8) is 0 Å². The number of rotatable bonds is 7. The van der Waals surface area contributed by atoms with Crippen LogP contribution in [0, 0.1) is 5.92 Å². The zero-order valence-corrected chi connectivity index (χ0v) is 23.2. The Kier molecular flexibility index (Phi) is 9.04. The van der Waals surface area contributed by atoms with Crippen molar-refractivity contribution >= 4 is 5.91 Å². The predicted molar refractivity (Wildman–Crippen MR) is 154 cm³/mol. The van der Waals surface area contributed by atoms with Gasteiger partial charge in [-0.25, -0.2) is 0 Å². The fraction of sp³-hybridized carbons (Fsp3) is 0.424. The highest BCUT2D eigenvalue weighted by Gasteiger charge is 2.24. The van der Waals surface area contributed by atoms with E-state index >= 15 is 0 Å². The number of benzene rings is 3. The van der Waals surface area contributed by atoms with Crippen molar-refractivity contribution in [2.75, 3.05) is 33.9 Å². The number of carbonyl (C=O) groups is 1. The van der Waals surface area contributed by atoms with Crippen LogP contribution in [0.5, 0.6) is 17.2 Å². The van der Waals surface area contributed by atoms with Gasteiger partial charge in [0, 0.05) is 31.6 Å². The third kappa shape index (κ3) is 7.54. The van der Waals surface area contributed by atoms with Gasteiger partial charge in [0.1, 0.15) is 5.75 Å². The number of amides is 1. The summed E-state index contributed by atoms with van der Waals surface area (Å²) < 4.78 is 17.0. The van der Waals surface area contributed by atoms with Gasteiger partial charge in [-0.15, -0.1) is 0 Å². The van der Waals surface area contributed by atoms with Crippen LogP contribution in [0.4, 0.5) is 0 Å². The summed E-state index contributed by atoms with van der Waals surface area (Å²) in [7, 11) is 3.22. The average molecular weight is 529 g/mol. The predicted octanol–water partition coefficient (Wildman–Crippen LogP) is 6.00. The zero-order valence-electron chi connectivity index (χ0n) is 23.2. The van der Waals surface area contributed by atoms with Crippen molar-refractivity contribution in [1.29, 1.82) is 0 Å². The molecule has 1 heterocycles. The molecule has 1 saturated carbocycles. The molecule has 0 spiro atoms. The van der Waals surface area contributed by atoms with Crippen molar-refractivity contribution in [3.05, 3.63) is 88.5 Å². The first-order valence-corrected chi connectivity index (χ1v) is 14.2. The van der Waals surface area contributed by atoms with Gasteiger partial charge in [-0.1, -0.05) is 30.3 Å². The minimum Gasteiger partial charge on any atom is -0.493 e. The van der Waals surface area contributed by atoms with Crippen LogP contribution in [-0.2, 0) is 19.5 Å². The number of hydrogen-bond acceptors (Lipinski definition) is 5. The summed E-state index contributed by atoms with van der Waals surface area (Å²) in [5.74, 6) is 2.95. The second-order valence-corrected chi connectivity index (χ2v) is 10.8. The second kappa shape index (κ2) is 13.0. The zero-order chi connectivity index (χ0) is 27.0. The molecule has 3 aromatic rings. The van der Waals surface area contributed by atoms with E-state index < -0.39 is 0 Å². The molecular weight excluding hydrogens is 488 g/mol. The van der Waals surface area contributed by atoms with E-state index in [2.05, 4.69) is 34.5 Å². The number of ether oxygens (including phenoxy) is 3. The minimum atomic E-state index is -0.114. The first kappa shape index (κ1) is 27.1. The molecule has 206 valence electrons. The maximum absolute atomic E-state index is 13.1. The van der Waals surface area contributed by atoms with E-state index in [0.29, 0.717) is 30.2 Å². The van der Waals surface area contributed by atoms with Crippen LogP contribution in [0.1, 0.15) is 64.7 Å².